The summed E-state index contributed by atoms with van der Waals surface area (Å²) in [4.78, 5) is 11.5. The SMILES string of the molecule is COc1cc(C)ccc1O[C@@H](C)C(=O)NCC(F)(F)F. The van der Waals surface area contributed by atoms with E-state index in [1.54, 1.807) is 23.5 Å². The summed E-state index contributed by atoms with van der Waals surface area (Å²) in [5.41, 5.74) is 0.934. The van der Waals surface area contributed by atoms with E-state index in [9.17, 15) is 18.0 Å². The largest absolute Gasteiger partial charge is 0.493 e. The van der Waals surface area contributed by atoms with Crippen molar-refractivity contribution in [2.24, 2.45) is 0 Å². The number of hydrogen-bond acceptors (Lipinski definition) is 3. The Kier molecular flexibility index (Phi) is 5.24. The predicted octanol–water partition coefficient (Wildman–Crippen LogP) is 2.45. The molecule has 1 aromatic rings. The van der Waals surface area contributed by atoms with E-state index in [4.69, 9.17) is 9.47 Å². The molecule has 0 bridgehead atoms. The summed E-state index contributed by atoms with van der Waals surface area (Å²) in [6.45, 7) is 1.83. The van der Waals surface area contributed by atoms with Crippen LogP contribution in [-0.2, 0) is 4.79 Å². The van der Waals surface area contributed by atoms with Gasteiger partial charge in [-0.25, -0.2) is 0 Å². The number of carbonyl (C=O) groups excluding carboxylic acids is 1. The Morgan fingerprint density at radius 2 is 2.00 bits per heavy atom. The van der Waals surface area contributed by atoms with Crippen molar-refractivity contribution in [2.75, 3.05) is 13.7 Å². The fourth-order valence-electron chi connectivity index (χ4n) is 1.45. The first kappa shape index (κ1) is 16.1. The quantitative estimate of drug-likeness (QED) is 0.906. The van der Waals surface area contributed by atoms with E-state index in [0.717, 1.165) is 5.56 Å². The van der Waals surface area contributed by atoms with E-state index < -0.39 is 24.7 Å². The maximum Gasteiger partial charge on any atom is 0.405 e. The number of nitrogens with one attached hydrogen (secondary N) is 1. The van der Waals surface area contributed by atoms with Gasteiger partial charge in [0.25, 0.3) is 5.91 Å². The molecule has 0 aromatic heterocycles. The summed E-state index contributed by atoms with van der Waals surface area (Å²) in [7, 11) is 1.44. The molecule has 0 spiro atoms. The maximum absolute atomic E-state index is 12.0. The van der Waals surface area contributed by atoms with Crippen molar-refractivity contribution in [1.29, 1.82) is 0 Å². The molecule has 0 aliphatic rings. The van der Waals surface area contributed by atoms with Crippen LogP contribution in [0.2, 0.25) is 0 Å². The van der Waals surface area contributed by atoms with Crippen LogP contribution in [0.5, 0.6) is 11.5 Å². The molecule has 4 nitrogen and oxygen atoms in total. The highest BCUT2D eigenvalue weighted by atomic mass is 19.4. The predicted molar refractivity (Wildman–Crippen MR) is 66.9 cm³/mol. The number of benzene rings is 1. The number of hydrogen-bond donors (Lipinski definition) is 1. The van der Waals surface area contributed by atoms with Crippen LogP contribution in [0.4, 0.5) is 13.2 Å². The second-order valence-corrected chi connectivity index (χ2v) is 4.25. The molecule has 1 aromatic carbocycles. The lowest BCUT2D eigenvalue weighted by Gasteiger charge is -2.17. The van der Waals surface area contributed by atoms with E-state index in [1.807, 2.05) is 6.92 Å². The molecule has 0 heterocycles. The standard InChI is InChI=1S/C13H16F3NO3/c1-8-4-5-10(11(6-8)19-3)20-9(2)12(18)17-7-13(14,15)16/h4-6,9H,7H2,1-3H3,(H,17,18)/t9-/m0/s1. The van der Waals surface area contributed by atoms with Gasteiger partial charge in [0.2, 0.25) is 0 Å². The van der Waals surface area contributed by atoms with Crippen LogP contribution in [0.3, 0.4) is 0 Å². The Balaban J connectivity index is 2.66. The van der Waals surface area contributed by atoms with Crippen molar-refractivity contribution in [2.45, 2.75) is 26.1 Å². The monoisotopic (exact) mass is 291 g/mol. The molecule has 0 fully saturated rings. The second-order valence-electron chi connectivity index (χ2n) is 4.25. The molecule has 112 valence electrons. The highest BCUT2D eigenvalue weighted by molar-refractivity contribution is 5.80. The molecule has 1 N–H and O–H groups in total. The van der Waals surface area contributed by atoms with Crippen molar-refractivity contribution in [3.63, 3.8) is 0 Å². The van der Waals surface area contributed by atoms with Crippen LogP contribution in [0, 0.1) is 6.92 Å². The third kappa shape index (κ3) is 4.99. The van der Waals surface area contributed by atoms with Crippen LogP contribution in [-0.4, -0.2) is 31.8 Å². The Bertz CT molecular complexity index is 474. The normalized spacial score (nSPS) is 12.7. The maximum atomic E-state index is 12.0. The van der Waals surface area contributed by atoms with Gasteiger partial charge in [-0.2, -0.15) is 13.2 Å². The van der Waals surface area contributed by atoms with E-state index in [-0.39, 0.29) is 0 Å². The summed E-state index contributed by atoms with van der Waals surface area (Å²) in [6, 6.07) is 5.05. The van der Waals surface area contributed by atoms with E-state index in [1.165, 1.54) is 14.0 Å². The second kappa shape index (κ2) is 6.49. The number of aryl methyl sites for hydroxylation is 1. The first-order valence-corrected chi connectivity index (χ1v) is 5.88. The van der Waals surface area contributed by atoms with Gasteiger partial charge in [-0.1, -0.05) is 6.07 Å². The van der Waals surface area contributed by atoms with Gasteiger partial charge in [-0.3, -0.25) is 4.79 Å². The van der Waals surface area contributed by atoms with Crippen LogP contribution in [0.15, 0.2) is 18.2 Å². The van der Waals surface area contributed by atoms with Gasteiger partial charge in [-0.15, -0.1) is 0 Å². The molecule has 1 atom stereocenters. The Labute approximate surface area is 114 Å². The smallest absolute Gasteiger partial charge is 0.405 e. The number of carbonyl (C=O) groups is 1. The van der Waals surface area contributed by atoms with E-state index in [0.29, 0.717) is 11.5 Å². The molecule has 0 saturated heterocycles. The zero-order valence-electron chi connectivity index (χ0n) is 11.4. The van der Waals surface area contributed by atoms with E-state index >= 15 is 0 Å². The molecular weight excluding hydrogens is 275 g/mol. The molecule has 1 amide bonds. The number of alkyl halides is 3. The highest BCUT2D eigenvalue weighted by Gasteiger charge is 2.29. The van der Waals surface area contributed by atoms with Crippen molar-refractivity contribution in [3.05, 3.63) is 23.8 Å². The first-order valence-electron chi connectivity index (χ1n) is 5.88. The molecule has 0 aliphatic heterocycles. The topological polar surface area (TPSA) is 47.6 Å². The zero-order chi connectivity index (χ0) is 15.3. The highest BCUT2D eigenvalue weighted by Crippen LogP contribution is 2.28. The van der Waals surface area contributed by atoms with E-state index in [2.05, 4.69) is 0 Å². The number of amides is 1. The molecule has 0 aliphatic carbocycles. The number of ether oxygens (including phenoxy) is 2. The van der Waals surface area contributed by atoms with Gasteiger partial charge in [0, 0.05) is 0 Å². The minimum Gasteiger partial charge on any atom is -0.493 e. The van der Waals surface area contributed by atoms with Crippen molar-refractivity contribution >= 4 is 5.91 Å². The number of methoxy groups -OCH3 is 1. The van der Waals surface area contributed by atoms with Gasteiger partial charge >= 0.3 is 6.18 Å². The summed E-state index contributed by atoms with van der Waals surface area (Å²) >= 11 is 0. The zero-order valence-corrected chi connectivity index (χ0v) is 11.4. The fourth-order valence-corrected chi connectivity index (χ4v) is 1.45. The molecule has 7 heteroatoms. The Hall–Kier alpha value is -1.92. The summed E-state index contributed by atoms with van der Waals surface area (Å²) in [6.07, 6.45) is -5.51. The average Bonchev–Trinajstić information content (AvgIpc) is 2.36. The summed E-state index contributed by atoms with van der Waals surface area (Å²) in [5, 5.41) is 1.76. The molecule has 1 rings (SSSR count). The van der Waals surface area contributed by atoms with Crippen LogP contribution in [0.1, 0.15) is 12.5 Å². The Morgan fingerprint density at radius 3 is 2.55 bits per heavy atom. The third-order valence-corrected chi connectivity index (χ3v) is 2.46. The van der Waals surface area contributed by atoms with Crippen molar-refractivity contribution in [1.82, 2.24) is 5.32 Å². The van der Waals surface area contributed by atoms with Crippen LogP contribution < -0.4 is 14.8 Å². The molecule has 20 heavy (non-hydrogen) atoms. The number of rotatable bonds is 5. The number of halogens is 3. The minimum absolute atomic E-state index is 0.299. The fraction of sp³-hybridized carbons (Fsp3) is 0.462. The lowest BCUT2D eigenvalue weighted by molar-refractivity contribution is -0.142. The van der Waals surface area contributed by atoms with Gasteiger partial charge in [0.15, 0.2) is 17.6 Å². The van der Waals surface area contributed by atoms with Gasteiger partial charge in [0.1, 0.15) is 6.54 Å². The van der Waals surface area contributed by atoms with Gasteiger partial charge in [0.05, 0.1) is 7.11 Å². The lowest BCUT2D eigenvalue weighted by Crippen LogP contribution is -2.41. The lowest BCUT2D eigenvalue weighted by atomic mass is 10.2. The molecule has 0 radical (unpaired) electrons. The average molecular weight is 291 g/mol. The van der Waals surface area contributed by atoms with Gasteiger partial charge in [-0.05, 0) is 31.5 Å². The van der Waals surface area contributed by atoms with Crippen LogP contribution >= 0.6 is 0 Å². The Morgan fingerprint density at radius 1 is 1.35 bits per heavy atom. The molecular formula is C13H16F3NO3. The molecule has 0 unspecified atom stereocenters. The third-order valence-electron chi connectivity index (χ3n) is 2.46. The molecule has 0 saturated carbocycles. The van der Waals surface area contributed by atoms with Crippen LogP contribution in [0.25, 0.3) is 0 Å². The van der Waals surface area contributed by atoms with Crippen molar-refractivity contribution < 1.29 is 27.4 Å². The summed E-state index contributed by atoms with van der Waals surface area (Å²) < 4.78 is 46.4. The van der Waals surface area contributed by atoms with Crippen molar-refractivity contribution in [3.8, 4) is 11.5 Å². The first-order chi connectivity index (χ1) is 9.23. The van der Waals surface area contributed by atoms with Gasteiger partial charge < -0.3 is 14.8 Å². The minimum atomic E-state index is -4.45. The summed E-state index contributed by atoms with van der Waals surface area (Å²) in [5.74, 6) is -0.127.